The van der Waals surface area contributed by atoms with Crippen molar-refractivity contribution in [3.8, 4) is 0 Å². The Morgan fingerprint density at radius 3 is 2.00 bits per heavy atom. The van der Waals surface area contributed by atoms with Crippen LogP contribution in [0.1, 0.15) is 27.7 Å². The molecule has 0 heterocycles. The monoisotopic (exact) mass is 236 g/mol. The van der Waals surface area contributed by atoms with Gasteiger partial charge < -0.3 is 18.4 Å². The van der Waals surface area contributed by atoms with Gasteiger partial charge in [-0.2, -0.15) is 0 Å². The molecule has 0 fully saturated rings. The quantitative estimate of drug-likeness (QED) is 0.647. The predicted octanol–water partition coefficient (Wildman–Crippen LogP) is 1.51. The van der Waals surface area contributed by atoms with E-state index in [2.05, 4.69) is 0 Å². The minimum absolute atomic E-state index is 0.465. The Kier molecular flexibility index (Phi) is 6.74. The van der Waals surface area contributed by atoms with Crippen LogP contribution < -0.4 is 0 Å². The minimum atomic E-state index is -2.78. The maximum absolute atomic E-state index is 10.7. The number of carboxylic acid groups (broad SMARTS) is 1. The zero-order valence-electron chi connectivity index (χ0n) is 9.78. The summed E-state index contributed by atoms with van der Waals surface area (Å²) >= 11 is 0. The zero-order valence-corrected chi connectivity index (χ0v) is 10.8. The van der Waals surface area contributed by atoms with Gasteiger partial charge in [0.15, 0.2) is 0 Å². The lowest BCUT2D eigenvalue weighted by atomic mass is 10.4. The second kappa shape index (κ2) is 6.94. The van der Waals surface area contributed by atoms with Crippen LogP contribution in [0, 0.1) is 0 Å². The van der Waals surface area contributed by atoms with E-state index in [1.165, 1.54) is 6.92 Å². The van der Waals surface area contributed by atoms with Crippen molar-refractivity contribution in [1.82, 2.24) is 0 Å². The van der Waals surface area contributed by atoms with E-state index in [1.54, 1.807) is 0 Å². The van der Waals surface area contributed by atoms with Crippen LogP contribution in [0.25, 0.3) is 0 Å². The lowest BCUT2D eigenvalue weighted by molar-refractivity contribution is -0.146. The molecule has 1 N–H and O–H groups in total. The molecule has 0 saturated heterocycles. The molecule has 5 nitrogen and oxygen atoms in total. The van der Waals surface area contributed by atoms with Crippen molar-refractivity contribution in [2.45, 2.75) is 39.8 Å². The van der Waals surface area contributed by atoms with Crippen molar-refractivity contribution >= 4 is 14.8 Å². The molecule has 0 aromatic heterocycles. The van der Waals surface area contributed by atoms with Crippen LogP contribution in [-0.4, -0.2) is 39.2 Å². The Labute approximate surface area is 91.7 Å². The molecule has 1 unspecified atom stereocenters. The molecule has 0 radical (unpaired) electrons. The van der Waals surface area contributed by atoms with E-state index >= 15 is 0 Å². The third-order valence-electron chi connectivity index (χ3n) is 1.87. The summed E-state index contributed by atoms with van der Waals surface area (Å²) in [6.07, 6.45) is -0.894. The SMILES string of the molecule is CCO[Si](CC)(OCC)OC(C)C(=O)O. The molecule has 6 heteroatoms. The summed E-state index contributed by atoms with van der Waals surface area (Å²) in [5, 5.41) is 8.76. The topological polar surface area (TPSA) is 65.0 Å². The molecule has 0 aliphatic heterocycles. The summed E-state index contributed by atoms with van der Waals surface area (Å²) in [4.78, 5) is 10.7. The van der Waals surface area contributed by atoms with Gasteiger partial charge in [-0.05, 0) is 20.8 Å². The van der Waals surface area contributed by atoms with Crippen molar-refractivity contribution in [3.05, 3.63) is 0 Å². The van der Waals surface area contributed by atoms with E-state index in [1.807, 2.05) is 20.8 Å². The number of aliphatic carboxylic acids is 1. The first-order valence-electron chi connectivity index (χ1n) is 5.19. The van der Waals surface area contributed by atoms with Crippen LogP contribution in [-0.2, 0) is 18.1 Å². The van der Waals surface area contributed by atoms with Crippen LogP contribution in [0.2, 0.25) is 6.04 Å². The number of carbonyl (C=O) groups is 1. The van der Waals surface area contributed by atoms with Crippen molar-refractivity contribution in [2.75, 3.05) is 13.2 Å². The number of carboxylic acids is 1. The Hall–Kier alpha value is -0.433. The highest BCUT2D eigenvalue weighted by Gasteiger charge is 2.41. The molecule has 0 amide bonds. The molecular weight excluding hydrogens is 216 g/mol. The van der Waals surface area contributed by atoms with Gasteiger partial charge in [-0.25, -0.2) is 4.79 Å². The molecule has 0 aliphatic carbocycles. The third-order valence-corrected chi connectivity index (χ3v) is 4.90. The number of rotatable bonds is 8. The highest BCUT2D eigenvalue weighted by atomic mass is 28.4. The maximum atomic E-state index is 10.7. The molecular formula is C9H20O5Si. The summed E-state index contributed by atoms with van der Waals surface area (Å²) in [6, 6.07) is 0.576. The summed E-state index contributed by atoms with van der Waals surface area (Å²) in [7, 11) is -2.78. The van der Waals surface area contributed by atoms with Crippen LogP contribution >= 0.6 is 0 Å². The molecule has 0 aromatic carbocycles. The predicted molar refractivity (Wildman–Crippen MR) is 57.7 cm³/mol. The average molecular weight is 236 g/mol. The summed E-state index contributed by atoms with van der Waals surface area (Å²) in [5.74, 6) is -1.00. The van der Waals surface area contributed by atoms with Gasteiger partial charge in [-0.1, -0.05) is 6.92 Å². The average Bonchev–Trinajstić information content (AvgIpc) is 2.18. The van der Waals surface area contributed by atoms with Crippen molar-refractivity contribution in [1.29, 1.82) is 0 Å². The highest BCUT2D eigenvalue weighted by Crippen LogP contribution is 2.17. The fourth-order valence-corrected chi connectivity index (χ4v) is 3.47. The second-order valence-electron chi connectivity index (χ2n) is 3.00. The Balaban J connectivity index is 4.51. The minimum Gasteiger partial charge on any atom is -0.479 e. The van der Waals surface area contributed by atoms with Crippen LogP contribution in [0.15, 0.2) is 0 Å². The lowest BCUT2D eigenvalue weighted by Crippen LogP contribution is -2.48. The van der Waals surface area contributed by atoms with E-state index in [0.717, 1.165) is 0 Å². The summed E-state index contributed by atoms with van der Waals surface area (Å²) in [6.45, 7) is 7.97. The lowest BCUT2D eigenvalue weighted by Gasteiger charge is -2.29. The zero-order chi connectivity index (χ0) is 11.9. The van der Waals surface area contributed by atoms with Crippen LogP contribution in [0.3, 0.4) is 0 Å². The molecule has 0 aliphatic rings. The van der Waals surface area contributed by atoms with Crippen molar-refractivity contribution in [2.24, 2.45) is 0 Å². The van der Waals surface area contributed by atoms with Gasteiger partial charge >= 0.3 is 14.8 Å². The van der Waals surface area contributed by atoms with E-state index in [0.29, 0.717) is 19.3 Å². The van der Waals surface area contributed by atoms with Gasteiger partial charge in [0.25, 0.3) is 0 Å². The van der Waals surface area contributed by atoms with Gasteiger partial charge in [0, 0.05) is 19.3 Å². The van der Waals surface area contributed by atoms with Crippen LogP contribution in [0.5, 0.6) is 0 Å². The van der Waals surface area contributed by atoms with Gasteiger partial charge in [-0.3, -0.25) is 0 Å². The van der Waals surface area contributed by atoms with E-state index in [4.69, 9.17) is 18.4 Å². The van der Waals surface area contributed by atoms with Gasteiger partial charge in [0.05, 0.1) is 0 Å². The fourth-order valence-electron chi connectivity index (χ4n) is 1.16. The first-order chi connectivity index (χ1) is 7.01. The molecule has 1 atom stereocenters. The number of hydrogen-bond acceptors (Lipinski definition) is 4. The molecule has 90 valence electrons. The first-order valence-corrected chi connectivity index (χ1v) is 7.13. The molecule has 0 spiro atoms. The largest absolute Gasteiger partial charge is 0.501 e. The normalized spacial score (nSPS) is 13.9. The second-order valence-corrected chi connectivity index (χ2v) is 5.89. The molecule has 0 saturated carbocycles. The Morgan fingerprint density at radius 2 is 1.73 bits per heavy atom. The maximum Gasteiger partial charge on any atom is 0.501 e. The Morgan fingerprint density at radius 1 is 1.27 bits per heavy atom. The highest BCUT2D eigenvalue weighted by molar-refractivity contribution is 6.60. The van der Waals surface area contributed by atoms with Crippen molar-refractivity contribution in [3.63, 3.8) is 0 Å². The standard InChI is InChI=1S/C9H20O5Si/c1-5-12-15(7-3,13-6-2)14-8(4)9(10)11/h8H,5-7H2,1-4H3,(H,10,11). The first kappa shape index (κ1) is 14.6. The molecule has 0 bridgehead atoms. The number of hydrogen-bond donors (Lipinski definition) is 1. The van der Waals surface area contributed by atoms with E-state index in [9.17, 15) is 4.79 Å². The van der Waals surface area contributed by atoms with E-state index in [-0.39, 0.29) is 0 Å². The third kappa shape index (κ3) is 4.74. The fraction of sp³-hybridized carbons (Fsp3) is 0.889. The van der Waals surface area contributed by atoms with Gasteiger partial charge in [0.1, 0.15) is 6.10 Å². The van der Waals surface area contributed by atoms with Gasteiger partial charge in [-0.15, -0.1) is 0 Å². The molecule has 0 aromatic rings. The summed E-state index contributed by atoms with van der Waals surface area (Å²) < 4.78 is 16.4. The van der Waals surface area contributed by atoms with Crippen LogP contribution in [0.4, 0.5) is 0 Å². The molecule has 0 rings (SSSR count). The smallest absolute Gasteiger partial charge is 0.479 e. The molecule has 15 heavy (non-hydrogen) atoms. The van der Waals surface area contributed by atoms with Gasteiger partial charge in [0.2, 0.25) is 0 Å². The Bertz CT molecular complexity index is 191. The summed E-state index contributed by atoms with van der Waals surface area (Å²) in [5.41, 5.74) is 0. The van der Waals surface area contributed by atoms with Crippen molar-refractivity contribution < 1.29 is 23.2 Å². The van der Waals surface area contributed by atoms with E-state index < -0.39 is 20.9 Å².